The zero-order valence-electron chi connectivity index (χ0n) is 14.0. The van der Waals surface area contributed by atoms with Crippen LogP contribution in [0.5, 0.6) is 0 Å². The van der Waals surface area contributed by atoms with Crippen molar-refractivity contribution < 1.29 is 9.59 Å². The van der Waals surface area contributed by atoms with Crippen molar-refractivity contribution >= 4 is 39.7 Å². The molecule has 0 aliphatic heterocycles. The van der Waals surface area contributed by atoms with Gasteiger partial charge in [-0.1, -0.05) is 26.0 Å². The van der Waals surface area contributed by atoms with Crippen LogP contribution in [0.4, 0.5) is 5.69 Å². The molecule has 3 rings (SSSR count). The van der Waals surface area contributed by atoms with E-state index in [2.05, 4.69) is 15.6 Å². The number of rotatable bonds is 4. The zero-order valence-corrected chi connectivity index (χ0v) is 14.8. The number of thiophene rings is 1. The van der Waals surface area contributed by atoms with E-state index in [0.29, 0.717) is 5.69 Å². The van der Waals surface area contributed by atoms with Crippen LogP contribution in [-0.2, 0) is 9.59 Å². The normalized spacial score (nSPS) is 12.1. The highest BCUT2D eigenvalue weighted by Crippen LogP contribution is 2.26. The third-order valence-electron chi connectivity index (χ3n) is 3.90. The molecule has 3 aromatic rings. The Morgan fingerprint density at radius 1 is 1.04 bits per heavy atom. The van der Waals surface area contributed by atoms with E-state index in [1.807, 2.05) is 43.5 Å². The number of nitrogens with one attached hydrogen (secondary N) is 2. The smallest absolute Gasteiger partial charge is 0.313 e. The summed E-state index contributed by atoms with van der Waals surface area (Å²) in [5, 5.41) is 8.27. The quantitative estimate of drug-likeness (QED) is 0.702. The largest absolute Gasteiger partial charge is 0.340 e. The average molecular weight is 353 g/mol. The van der Waals surface area contributed by atoms with Gasteiger partial charge in [0.25, 0.3) is 0 Å². The summed E-state index contributed by atoms with van der Waals surface area (Å²) in [7, 11) is 0. The molecular formula is C19H19N3O2S. The molecule has 1 aromatic carbocycles. The van der Waals surface area contributed by atoms with Crippen LogP contribution in [-0.4, -0.2) is 16.8 Å². The third-order valence-corrected chi connectivity index (χ3v) is 4.86. The Morgan fingerprint density at radius 3 is 2.60 bits per heavy atom. The van der Waals surface area contributed by atoms with E-state index in [9.17, 15) is 9.59 Å². The molecule has 0 aliphatic rings. The highest BCUT2D eigenvalue weighted by molar-refractivity contribution is 7.10. The number of hydrogen-bond donors (Lipinski definition) is 2. The maximum atomic E-state index is 12.4. The minimum absolute atomic E-state index is 0.178. The Kier molecular flexibility index (Phi) is 5.09. The number of fused-ring (bicyclic) bond motifs is 1. The topological polar surface area (TPSA) is 71.1 Å². The molecule has 0 fully saturated rings. The van der Waals surface area contributed by atoms with Gasteiger partial charge in [0.1, 0.15) is 0 Å². The molecular weight excluding hydrogens is 334 g/mol. The first-order valence-electron chi connectivity index (χ1n) is 8.05. The van der Waals surface area contributed by atoms with Crippen molar-refractivity contribution in [2.24, 2.45) is 5.92 Å². The standard InChI is InChI=1S/C19H19N3O2S/c1-12(2)17(16-9-5-11-25-16)22-19(24)18(23)21-15-8-3-7-14-13(15)6-4-10-20-14/h3-12,17H,1-2H3,(H,21,23)(H,22,24)/t17-/m0/s1. The summed E-state index contributed by atoms with van der Waals surface area (Å²) in [6.45, 7) is 4.03. The Morgan fingerprint density at radius 2 is 1.88 bits per heavy atom. The van der Waals surface area contributed by atoms with E-state index in [-0.39, 0.29) is 12.0 Å². The highest BCUT2D eigenvalue weighted by Gasteiger charge is 2.23. The van der Waals surface area contributed by atoms with Crippen molar-refractivity contribution in [1.82, 2.24) is 10.3 Å². The molecule has 2 aromatic heterocycles. The Labute approximate surface area is 150 Å². The summed E-state index contributed by atoms with van der Waals surface area (Å²) in [5.41, 5.74) is 1.34. The lowest BCUT2D eigenvalue weighted by Crippen LogP contribution is -2.39. The van der Waals surface area contributed by atoms with Crippen molar-refractivity contribution in [3.8, 4) is 0 Å². The second-order valence-electron chi connectivity index (χ2n) is 6.04. The summed E-state index contributed by atoms with van der Waals surface area (Å²) in [6.07, 6.45) is 1.69. The molecule has 2 N–H and O–H groups in total. The number of pyridine rings is 1. The van der Waals surface area contributed by atoms with Gasteiger partial charge in [0.15, 0.2) is 0 Å². The van der Waals surface area contributed by atoms with Gasteiger partial charge < -0.3 is 10.6 Å². The molecule has 0 spiro atoms. The third kappa shape index (κ3) is 3.85. The maximum absolute atomic E-state index is 12.4. The average Bonchev–Trinajstić information content (AvgIpc) is 3.13. The lowest BCUT2D eigenvalue weighted by molar-refractivity contribution is -0.136. The minimum atomic E-state index is -0.682. The van der Waals surface area contributed by atoms with Gasteiger partial charge >= 0.3 is 11.8 Å². The first-order valence-corrected chi connectivity index (χ1v) is 8.93. The van der Waals surface area contributed by atoms with Crippen molar-refractivity contribution in [2.45, 2.75) is 19.9 Å². The van der Waals surface area contributed by atoms with Gasteiger partial charge in [0.2, 0.25) is 0 Å². The molecule has 1 atom stereocenters. The van der Waals surface area contributed by atoms with Crippen molar-refractivity contribution in [1.29, 1.82) is 0 Å². The Balaban J connectivity index is 1.75. The number of benzene rings is 1. The second-order valence-corrected chi connectivity index (χ2v) is 7.02. The Hall–Kier alpha value is -2.73. The van der Waals surface area contributed by atoms with Gasteiger partial charge in [0.05, 0.1) is 17.2 Å². The first kappa shape index (κ1) is 17.1. The number of carbonyl (C=O) groups excluding carboxylic acids is 2. The summed E-state index contributed by atoms with van der Waals surface area (Å²) < 4.78 is 0. The summed E-state index contributed by atoms with van der Waals surface area (Å²) in [4.78, 5) is 30.0. The van der Waals surface area contributed by atoms with E-state index in [4.69, 9.17) is 0 Å². The SMILES string of the molecule is CC(C)[C@H](NC(=O)C(=O)Nc1cccc2ncccc12)c1cccs1. The number of anilines is 1. The lowest BCUT2D eigenvalue weighted by atomic mass is 10.0. The van der Waals surface area contributed by atoms with Gasteiger partial charge in [0, 0.05) is 16.5 Å². The molecule has 5 nitrogen and oxygen atoms in total. The van der Waals surface area contributed by atoms with Crippen LogP contribution >= 0.6 is 11.3 Å². The summed E-state index contributed by atoms with van der Waals surface area (Å²) in [5.74, 6) is -1.15. The van der Waals surface area contributed by atoms with Gasteiger partial charge in [-0.2, -0.15) is 0 Å². The predicted octanol–water partition coefficient (Wildman–Crippen LogP) is 3.75. The second kappa shape index (κ2) is 7.44. The molecule has 0 unspecified atom stereocenters. The van der Waals surface area contributed by atoms with Crippen LogP contribution in [0.15, 0.2) is 54.0 Å². The van der Waals surface area contributed by atoms with Gasteiger partial charge in [-0.3, -0.25) is 14.6 Å². The number of hydrogen-bond acceptors (Lipinski definition) is 4. The van der Waals surface area contributed by atoms with Gasteiger partial charge in [-0.05, 0) is 41.6 Å². The van der Waals surface area contributed by atoms with Gasteiger partial charge in [-0.25, -0.2) is 0 Å². The number of amides is 2. The van der Waals surface area contributed by atoms with E-state index in [1.54, 1.807) is 35.7 Å². The van der Waals surface area contributed by atoms with E-state index in [0.717, 1.165) is 15.8 Å². The molecule has 128 valence electrons. The molecule has 0 bridgehead atoms. The molecule has 2 amide bonds. The molecule has 0 aliphatic carbocycles. The lowest BCUT2D eigenvalue weighted by Gasteiger charge is -2.21. The molecule has 0 saturated heterocycles. The summed E-state index contributed by atoms with van der Waals surface area (Å²) >= 11 is 1.56. The number of aromatic nitrogens is 1. The van der Waals surface area contributed by atoms with Crippen LogP contribution in [0.2, 0.25) is 0 Å². The van der Waals surface area contributed by atoms with E-state index >= 15 is 0 Å². The maximum Gasteiger partial charge on any atom is 0.313 e. The van der Waals surface area contributed by atoms with E-state index < -0.39 is 11.8 Å². The summed E-state index contributed by atoms with van der Waals surface area (Å²) in [6, 6.07) is 12.8. The number of carbonyl (C=O) groups is 2. The van der Waals surface area contributed by atoms with Crippen molar-refractivity contribution in [3.05, 3.63) is 58.9 Å². The number of nitrogens with zero attached hydrogens (tertiary/aromatic N) is 1. The van der Waals surface area contributed by atoms with Crippen LogP contribution in [0, 0.1) is 5.92 Å². The predicted molar refractivity (Wildman–Crippen MR) is 100 cm³/mol. The monoisotopic (exact) mass is 353 g/mol. The Bertz CT molecular complexity index is 885. The fourth-order valence-corrected chi connectivity index (χ4v) is 3.58. The van der Waals surface area contributed by atoms with Gasteiger partial charge in [-0.15, -0.1) is 11.3 Å². The van der Waals surface area contributed by atoms with Crippen LogP contribution in [0.1, 0.15) is 24.8 Å². The minimum Gasteiger partial charge on any atom is -0.340 e. The van der Waals surface area contributed by atoms with Crippen LogP contribution < -0.4 is 10.6 Å². The fraction of sp³-hybridized carbons (Fsp3) is 0.211. The molecule has 0 saturated carbocycles. The van der Waals surface area contributed by atoms with Crippen molar-refractivity contribution in [2.75, 3.05) is 5.32 Å². The molecule has 2 heterocycles. The van der Waals surface area contributed by atoms with Crippen molar-refractivity contribution in [3.63, 3.8) is 0 Å². The fourth-order valence-electron chi connectivity index (χ4n) is 2.63. The van der Waals surface area contributed by atoms with Crippen LogP contribution in [0.3, 0.4) is 0 Å². The van der Waals surface area contributed by atoms with Crippen LogP contribution in [0.25, 0.3) is 10.9 Å². The molecule has 6 heteroatoms. The molecule has 0 radical (unpaired) electrons. The van der Waals surface area contributed by atoms with E-state index in [1.165, 1.54) is 0 Å². The first-order chi connectivity index (χ1) is 12.1. The highest BCUT2D eigenvalue weighted by atomic mass is 32.1. The zero-order chi connectivity index (χ0) is 17.8. The molecule has 25 heavy (non-hydrogen) atoms.